The molecule has 0 radical (unpaired) electrons. The molecule has 0 saturated carbocycles. The molecule has 2 aromatic rings. The van der Waals surface area contributed by atoms with Crippen LogP contribution in [0.15, 0.2) is 36.4 Å². The lowest BCUT2D eigenvalue weighted by Gasteiger charge is -2.11. The van der Waals surface area contributed by atoms with E-state index in [0.29, 0.717) is 22.1 Å². The molecular formula is C14H11Cl2FO. The van der Waals surface area contributed by atoms with Crippen LogP contribution in [-0.2, 0) is 5.88 Å². The molecule has 0 heterocycles. The van der Waals surface area contributed by atoms with Crippen molar-refractivity contribution < 1.29 is 9.13 Å². The SMILES string of the molecule is Cc1cc(Oc2cccc(Cl)c2CCl)ccc1F. The van der Waals surface area contributed by atoms with Crippen molar-refractivity contribution in [3.8, 4) is 11.5 Å². The van der Waals surface area contributed by atoms with Gasteiger partial charge in [-0.1, -0.05) is 17.7 Å². The lowest BCUT2D eigenvalue weighted by Crippen LogP contribution is -1.92. The van der Waals surface area contributed by atoms with E-state index in [1.54, 1.807) is 37.3 Å². The Labute approximate surface area is 115 Å². The van der Waals surface area contributed by atoms with Crippen LogP contribution >= 0.6 is 23.2 Å². The zero-order chi connectivity index (χ0) is 13.1. The van der Waals surface area contributed by atoms with Gasteiger partial charge in [0.25, 0.3) is 0 Å². The number of benzene rings is 2. The minimum absolute atomic E-state index is 0.258. The van der Waals surface area contributed by atoms with Crippen LogP contribution < -0.4 is 4.74 Å². The van der Waals surface area contributed by atoms with E-state index in [1.165, 1.54) is 6.07 Å². The molecule has 1 nitrogen and oxygen atoms in total. The Kier molecular flexibility index (Phi) is 4.10. The molecule has 0 aromatic heterocycles. The molecule has 94 valence electrons. The summed E-state index contributed by atoms with van der Waals surface area (Å²) < 4.78 is 18.8. The minimum Gasteiger partial charge on any atom is -0.457 e. The second-order valence-electron chi connectivity index (χ2n) is 3.86. The van der Waals surface area contributed by atoms with E-state index in [0.717, 1.165) is 5.56 Å². The van der Waals surface area contributed by atoms with Crippen LogP contribution in [0.2, 0.25) is 5.02 Å². The summed E-state index contributed by atoms with van der Waals surface area (Å²) in [7, 11) is 0. The maximum absolute atomic E-state index is 13.1. The highest BCUT2D eigenvalue weighted by atomic mass is 35.5. The quantitative estimate of drug-likeness (QED) is 0.693. The molecular weight excluding hydrogens is 274 g/mol. The molecule has 0 aliphatic rings. The number of rotatable bonds is 3. The topological polar surface area (TPSA) is 9.23 Å². The Balaban J connectivity index is 2.34. The van der Waals surface area contributed by atoms with E-state index in [4.69, 9.17) is 27.9 Å². The highest BCUT2D eigenvalue weighted by Crippen LogP contribution is 2.32. The third-order valence-electron chi connectivity index (χ3n) is 2.57. The van der Waals surface area contributed by atoms with Crippen molar-refractivity contribution in [1.29, 1.82) is 0 Å². The summed E-state index contributed by atoms with van der Waals surface area (Å²) >= 11 is 11.9. The van der Waals surface area contributed by atoms with Crippen molar-refractivity contribution in [3.05, 3.63) is 58.4 Å². The molecule has 18 heavy (non-hydrogen) atoms. The summed E-state index contributed by atoms with van der Waals surface area (Å²) in [6.07, 6.45) is 0. The summed E-state index contributed by atoms with van der Waals surface area (Å²) in [5, 5.41) is 0.557. The van der Waals surface area contributed by atoms with Gasteiger partial charge in [0.05, 0.1) is 5.88 Å². The lowest BCUT2D eigenvalue weighted by molar-refractivity contribution is 0.475. The van der Waals surface area contributed by atoms with Crippen molar-refractivity contribution in [2.24, 2.45) is 0 Å². The third kappa shape index (κ3) is 2.77. The Morgan fingerprint density at radius 3 is 2.67 bits per heavy atom. The van der Waals surface area contributed by atoms with E-state index in [1.807, 2.05) is 0 Å². The fraction of sp³-hybridized carbons (Fsp3) is 0.143. The first kappa shape index (κ1) is 13.2. The predicted octanol–water partition coefficient (Wildman–Crippen LogP) is 5.32. The van der Waals surface area contributed by atoms with Gasteiger partial charge in [0.1, 0.15) is 17.3 Å². The molecule has 0 spiro atoms. The molecule has 0 bridgehead atoms. The number of ether oxygens (including phenoxy) is 1. The van der Waals surface area contributed by atoms with Gasteiger partial charge in [-0.05, 0) is 42.8 Å². The average molecular weight is 285 g/mol. The Morgan fingerprint density at radius 1 is 1.22 bits per heavy atom. The maximum atomic E-state index is 13.1. The molecule has 0 unspecified atom stereocenters. The van der Waals surface area contributed by atoms with Crippen molar-refractivity contribution in [1.82, 2.24) is 0 Å². The monoisotopic (exact) mass is 284 g/mol. The summed E-state index contributed by atoms with van der Waals surface area (Å²) in [4.78, 5) is 0. The Hall–Kier alpha value is -1.25. The lowest BCUT2D eigenvalue weighted by atomic mass is 10.2. The fourth-order valence-corrected chi connectivity index (χ4v) is 2.15. The van der Waals surface area contributed by atoms with Crippen LogP contribution in [0.1, 0.15) is 11.1 Å². The molecule has 0 aliphatic heterocycles. The number of hydrogen-bond acceptors (Lipinski definition) is 1. The molecule has 4 heteroatoms. The molecule has 0 saturated heterocycles. The number of halogens is 3. The molecule has 0 aliphatic carbocycles. The van der Waals surface area contributed by atoms with Crippen molar-refractivity contribution >= 4 is 23.2 Å². The van der Waals surface area contributed by atoms with Crippen LogP contribution in [0.3, 0.4) is 0 Å². The predicted molar refractivity (Wildman–Crippen MR) is 72.2 cm³/mol. The van der Waals surface area contributed by atoms with Crippen LogP contribution in [-0.4, -0.2) is 0 Å². The highest BCUT2D eigenvalue weighted by Gasteiger charge is 2.08. The van der Waals surface area contributed by atoms with Crippen molar-refractivity contribution in [2.45, 2.75) is 12.8 Å². The Morgan fingerprint density at radius 2 is 2.00 bits per heavy atom. The summed E-state index contributed by atoms with van der Waals surface area (Å²) in [5.74, 6) is 1.15. The largest absolute Gasteiger partial charge is 0.457 e. The van der Waals surface area contributed by atoms with Crippen LogP contribution in [0.25, 0.3) is 0 Å². The molecule has 0 atom stereocenters. The molecule has 2 rings (SSSR count). The van der Waals surface area contributed by atoms with Gasteiger partial charge in [0.15, 0.2) is 0 Å². The van der Waals surface area contributed by atoms with E-state index >= 15 is 0 Å². The summed E-state index contributed by atoms with van der Waals surface area (Å²) in [6, 6.07) is 9.89. The van der Waals surface area contributed by atoms with Crippen molar-refractivity contribution in [3.63, 3.8) is 0 Å². The van der Waals surface area contributed by atoms with E-state index in [2.05, 4.69) is 0 Å². The number of alkyl halides is 1. The van der Waals surface area contributed by atoms with Gasteiger partial charge >= 0.3 is 0 Å². The first-order valence-corrected chi connectivity index (χ1v) is 6.30. The van der Waals surface area contributed by atoms with Gasteiger partial charge in [-0.15, -0.1) is 11.6 Å². The van der Waals surface area contributed by atoms with E-state index in [-0.39, 0.29) is 11.7 Å². The van der Waals surface area contributed by atoms with Gasteiger partial charge < -0.3 is 4.74 Å². The molecule has 0 fully saturated rings. The standard InChI is InChI=1S/C14H11Cl2FO/c1-9-7-10(5-6-13(9)17)18-14-4-2-3-12(16)11(14)8-15/h2-7H,8H2,1H3. The van der Waals surface area contributed by atoms with Crippen molar-refractivity contribution in [2.75, 3.05) is 0 Å². The maximum Gasteiger partial charge on any atom is 0.133 e. The van der Waals surface area contributed by atoms with Gasteiger partial charge in [0.2, 0.25) is 0 Å². The summed E-state index contributed by atoms with van der Waals surface area (Å²) in [6.45, 7) is 1.68. The average Bonchev–Trinajstić information content (AvgIpc) is 2.34. The third-order valence-corrected chi connectivity index (χ3v) is 3.19. The van der Waals surface area contributed by atoms with E-state index < -0.39 is 0 Å². The van der Waals surface area contributed by atoms with Gasteiger partial charge in [-0.3, -0.25) is 0 Å². The second-order valence-corrected chi connectivity index (χ2v) is 4.54. The second kappa shape index (κ2) is 5.59. The first-order chi connectivity index (χ1) is 8.61. The van der Waals surface area contributed by atoms with Gasteiger partial charge in [-0.2, -0.15) is 0 Å². The van der Waals surface area contributed by atoms with Crippen LogP contribution in [0.4, 0.5) is 4.39 Å². The highest BCUT2D eigenvalue weighted by molar-refractivity contribution is 6.32. The van der Waals surface area contributed by atoms with Gasteiger partial charge in [-0.25, -0.2) is 4.39 Å². The smallest absolute Gasteiger partial charge is 0.133 e. The number of aryl methyl sites for hydroxylation is 1. The number of hydrogen-bond donors (Lipinski definition) is 0. The molecule has 0 amide bonds. The van der Waals surface area contributed by atoms with E-state index in [9.17, 15) is 4.39 Å². The fourth-order valence-electron chi connectivity index (χ4n) is 1.57. The first-order valence-electron chi connectivity index (χ1n) is 5.39. The molecule has 2 aromatic carbocycles. The van der Waals surface area contributed by atoms with Crippen LogP contribution in [0.5, 0.6) is 11.5 Å². The minimum atomic E-state index is -0.258. The Bertz CT molecular complexity index is 570. The summed E-state index contributed by atoms with van der Waals surface area (Å²) in [5.41, 5.74) is 1.25. The zero-order valence-corrected chi connectivity index (χ0v) is 11.2. The normalized spacial score (nSPS) is 10.4. The van der Waals surface area contributed by atoms with Crippen LogP contribution in [0, 0.1) is 12.7 Å². The zero-order valence-electron chi connectivity index (χ0n) is 9.71. The molecule has 0 N–H and O–H groups in total. The van der Waals surface area contributed by atoms with Gasteiger partial charge in [0, 0.05) is 10.6 Å².